The predicted molar refractivity (Wildman–Crippen MR) is 123 cm³/mol. The van der Waals surface area contributed by atoms with Gasteiger partial charge in [0, 0.05) is 16.3 Å². The summed E-state index contributed by atoms with van der Waals surface area (Å²) in [5.41, 5.74) is 2.75. The van der Waals surface area contributed by atoms with Crippen molar-refractivity contribution in [3.8, 4) is 0 Å². The minimum atomic E-state index is -4.20. The van der Waals surface area contributed by atoms with Crippen LogP contribution in [0.4, 0.5) is 11.4 Å². The van der Waals surface area contributed by atoms with E-state index in [1.54, 1.807) is 36.4 Å². The van der Waals surface area contributed by atoms with E-state index >= 15 is 0 Å². The first-order valence-electron chi connectivity index (χ1n) is 10.0. The van der Waals surface area contributed by atoms with Crippen LogP contribution in [0, 0.1) is 6.92 Å². The molecule has 1 spiro atoms. The summed E-state index contributed by atoms with van der Waals surface area (Å²) in [5, 5.41) is 0.442. The lowest BCUT2D eigenvalue weighted by Crippen LogP contribution is -2.54. The monoisotopic (exact) mass is 466 g/mol. The maximum atomic E-state index is 14.0. The van der Waals surface area contributed by atoms with Crippen LogP contribution in [-0.4, -0.2) is 26.0 Å². The molecule has 32 heavy (non-hydrogen) atoms. The van der Waals surface area contributed by atoms with Crippen LogP contribution in [0.15, 0.2) is 72.8 Å². The first kappa shape index (κ1) is 20.7. The number of hydrogen-bond donors (Lipinski definition) is 0. The predicted octanol–water partition coefficient (Wildman–Crippen LogP) is 3.81. The van der Waals surface area contributed by atoms with Gasteiger partial charge in [0.1, 0.15) is 5.75 Å². The fourth-order valence-electron chi connectivity index (χ4n) is 4.57. The molecule has 0 saturated carbocycles. The Balaban J connectivity index is 1.77. The Morgan fingerprint density at radius 1 is 0.969 bits per heavy atom. The minimum Gasteiger partial charge on any atom is -0.304 e. The average molecular weight is 467 g/mol. The molecule has 0 aliphatic carbocycles. The van der Waals surface area contributed by atoms with Gasteiger partial charge in [-0.2, -0.15) is 0 Å². The van der Waals surface area contributed by atoms with Crippen molar-refractivity contribution in [1.82, 2.24) is 0 Å². The summed E-state index contributed by atoms with van der Waals surface area (Å²) in [4.78, 5) is 27.6. The second-order valence-electron chi connectivity index (χ2n) is 8.01. The molecule has 2 heterocycles. The zero-order chi connectivity index (χ0) is 22.7. The van der Waals surface area contributed by atoms with Crippen LogP contribution in [0.2, 0.25) is 5.02 Å². The average Bonchev–Trinajstić information content (AvgIpc) is 3.12. The number of hydrogen-bond acceptors (Lipinski definition) is 4. The number of anilines is 2. The molecule has 3 aromatic carbocycles. The summed E-state index contributed by atoms with van der Waals surface area (Å²) in [7, 11) is -4.20. The van der Waals surface area contributed by atoms with Gasteiger partial charge in [0.15, 0.2) is 9.84 Å². The molecule has 2 aliphatic rings. The molecule has 0 bridgehead atoms. The number of carbonyl (C=O) groups excluding carboxylic acids is 2. The Kier molecular flexibility index (Phi) is 4.65. The number of amides is 2. The highest BCUT2D eigenvalue weighted by Gasteiger charge is 2.69. The van der Waals surface area contributed by atoms with Crippen LogP contribution in [0.5, 0.6) is 0 Å². The van der Waals surface area contributed by atoms with Gasteiger partial charge in [0.25, 0.3) is 10.8 Å². The summed E-state index contributed by atoms with van der Waals surface area (Å²) in [6.07, 6.45) is 0. The molecule has 8 heteroatoms. The zero-order valence-electron chi connectivity index (χ0n) is 17.2. The molecule has 1 atom stereocenters. The highest BCUT2D eigenvalue weighted by Crippen LogP contribution is 2.53. The van der Waals surface area contributed by atoms with Gasteiger partial charge in [-0.3, -0.25) is 14.5 Å². The standard InChI is InChI=1S/C24H19ClN2O4S/c1-16-7-12-21-20(13-16)24(23(29)26(21)14-17-5-3-2-4-6-17)27(22(28)15-32(24,30)31)19-10-8-18(25)9-11-19/h2-13H,14-15H2,1H3/t24-/m0/s1. The van der Waals surface area contributed by atoms with Crippen LogP contribution < -0.4 is 9.80 Å². The van der Waals surface area contributed by atoms with Crippen LogP contribution in [0.25, 0.3) is 0 Å². The topological polar surface area (TPSA) is 74.8 Å². The largest absolute Gasteiger partial charge is 0.304 e. The maximum Gasteiger partial charge on any atom is 0.274 e. The van der Waals surface area contributed by atoms with Crippen LogP contribution in [-0.2, 0) is 30.8 Å². The van der Waals surface area contributed by atoms with E-state index in [9.17, 15) is 18.0 Å². The molecule has 0 N–H and O–H groups in total. The van der Waals surface area contributed by atoms with Crippen molar-refractivity contribution < 1.29 is 18.0 Å². The van der Waals surface area contributed by atoms with Gasteiger partial charge in [-0.25, -0.2) is 8.42 Å². The Bertz CT molecular complexity index is 1360. The van der Waals surface area contributed by atoms with E-state index in [2.05, 4.69) is 0 Å². The summed E-state index contributed by atoms with van der Waals surface area (Å²) >= 11 is 6.01. The smallest absolute Gasteiger partial charge is 0.274 e. The molecule has 162 valence electrons. The lowest BCUT2D eigenvalue weighted by atomic mass is 10.0. The van der Waals surface area contributed by atoms with Gasteiger partial charge in [-0.1, -0.05) is 53.6 Å². The molecule has 6 nitrogen and oxygen atoms in total. The fraction of sp³-hybridized carbons (Fsp3) is 0.167. The summed E-state index contributed by atoms with van der Waals surface area (Å²) in [5.74, 6) is -2.04. The number of rotatable bonds is 3. The second kappa shape index (κ2) is 7.18. The van der Waals surface area contributed by atoms with Gasteiger partial charge in [-0.05, 0) is 48.9 Å². The Labute approximate surface area is 190 Å². The molecular weight excluding hydrogens is 448 g/mol. The van der Waals surface area contributed by atoms with Crippen molar-refractivity contribution >= 4 is 44.6 Å². The third-order valence-electron chi connectivity index (χ3n) is 5.94. The Morgan fingerprint density at radius 2 is 1.66 bits per heavy atom. The molecule has 0 unspecified atom stereocenters. The van der Waals surface area contributed by atoms with Crippen molar-refractivity contribution in [3.05, 3.63) is 94.5 Å². The van der Waals surface area contributed by atoms with E-state index in [0.717, 1.165) is 16.0 Å². The molecule has 1 fully saturated rings. The van der Waals surface area contributed by atoms with Gasteiger partial charge in [-0.15, -0.1) is 0 Å². The van der Waals surface area contributed by atoms with Crippen molar-refractivity contribution in [3.63, 3.8) is 0 Å². The number of halogens is 1. The summed E-state index contributed by atoms with van der Waals surface area (Å²) in [6.45, 7) is 2.02. The maximum absolute atomic E-state index is 14.0. The SMILES string of the molecule is Cc1ccc2c(c1)[C@]1(C(=O)N2Cc2ccccc2)N(c2ccc(Cl)cc2)C(=O)CS1(=O)=O. The highest BCUT2D eigenvalue weighted by molar-refractivity contribution is 7.94. The van der Waals surface area contributed by atoms with Crippen molar-refractivity contribution in [2.75, 3.05) is 15.6 Å². The number of aryl methyl sites for hydroxylation is 1. The Morgan fingerprint density at radius 3 is 2.34 bits per heavy atom. The Hall–Kier alpha value is -3.16. The fourth-order valence-corrected chi connectivity index (χ4v) is 6.72. The molecule has 2 amide bonds. The second-order valence-corrected chi connectivity index (χ2v) is 10.6. The molecule has 1 saturated heterocycles. The molecule has 0 radical (unpaired) electrons. The normalized spacial score (nSPS) is 21.4. The first-order chi connectivity index (χ1) is 15.3. The van der Waals surface area contributed by atoms with E-state index in [4.69, 9.17) is 11.6 Å². The molecule has 2 aliphatic heterocycles. The van der Waals surface area contributed by atoms with Gasteiger partial charge in [0.2, 0.25) is 5.91 Å². The molecular formula is C24H19ClN2O4S. The van der Waals surface area contributed by atoms with Crippen LogP contribution in [0.1, 0.15) is 16.7 Å². The van der Waals surface area contributed by atoms with E-state index in [-0.39, 0.29) is 6.54 Å². The molecule has 3 aromatic rings. The number of carbonyl (C=O) groups is 2. The lowest BCUT2D eigenvalue weighted by molar-refractivity contribution is -0.123. The summed E-state index contributed by atoms with van der Waals surface area (Å²) in [6, 6.07) is 20.9. The zero-order valence-corrected chi connectivity index (χ0v) is 18.7. The van der Waals surface area contributed by atoms with E-state index in [0.29, 0.717) is 22.0 Å². The van der Waals surface area contributed by atoms with Crippen molar-refractivity contribution in [1.29, 1.82) is 0 Å². The molecule has 5 rings (SSSR count). The minimum absolute atomic E-state index is 0.190. The number of nitrogens with zero attached hydrogens (tertiary/aromatic N) is 2. The quantitative estimate of drug-likeness (QED) is 0.588. The van der Waals surface area contributed by atoms with Gasteiger partial charge >= 0.3 is 0 Å². The first-order valence-corrected chi connectivity index (χ1v) is 12.1. The third-order valence-corrected chi connectivity index (χ3v) is 8.30. The van der Waals surface area contributed by atoms with E-state index in [1.807, 2.05) is 43.3 Å². The van der Waals surface area contributed by atoms with Crippen LogP contribution in [0.3, 0.4) is 0 Å². The van der Waals surface area contributed by atoms with E-state index in [1.165, 1.54) is 4.90 Å². The molecule has 0 aromatic heterocycles. The third kappa shape index (κ3) is 2.81. The van der Waals surface area contributed by atoms with Gasteiger partial charge < -0.3 is 4.90 Å². The van der Waals surface area contributed by atoms with Gasteiger partial charge in [0.05, 0.1) is 12.2 Å². The van der Waals surface area contributed by atoms with Crippen molar-refractivity contribution in [2.45, 2.75) is 18.3 Å². The number of fused-ring (bicyclic) bond motifs is 2. The van der Waals surface area contributed by atoms with Crippen LogP contribution >= 0.6 is 11.6 Å². The van der Waals surface area contributed by atoms with E-state index < -0.39 is 32.3 Å². The summed E-state index contributed by atoms with van der Waals surface area (Å²) < 4.78 is 27.2. The lowest BCUT2D eigenvalue weighted by Gasteiger charge is -2.32. The highest BCUT2D eigenvalue weighted by atomic mass is 35.5. The van der Waals surface area contributed by atoms with Crippen molar-refractivity contribution in [2.24, 2.45) is 0 Å². The number of sulfone groups is 1. The number of benzene rings is 3.